The Morgan fingerprint density at radius 2 is 1.92 bits per heavy atom. The van der Waals surface area contributed by atoms with E-state index >= 15 is 0 Å². The van der Waals surface area contributed by atoms with Gasteiger partial charge < -0.3 is 5.32 Å². The predicted octanol–water partition coefficient (Wildman–Crippen LogP) is 2.51. The van der Waals surface area contributed by atoms with Crippen molar-refractivity contribution < 1.29 is 4.39 Å². The summed E-state index contributed by atoms with van der Waals surface area (Å²) in [5.74, 6) is 0.763. The summed E-state index contributed by atoms with van der Waals surface area (Å²) in [6.07, 6.45) is 4.47. The van der Waals surface area contributed by atoms with Gasteiger partial charge in [-0.05, 0) is 52.0 Å². The summed E-state index contributed by atoms with van der Waals surface area (Å²) in [6.45, 7) is 2.20. The van der Waals surface area contributed by atoms with Crippen molar-refractivity contribution >= 4 is 0 Å². The summed E-state index contributed by atoms with van der Waals surface area (Å²) < 4.78 is 12.8. The largest absolute Gasteiger partial charge is 0.317 e. The van der Waals surface area contributed by atoms with Crippen LogP contribution in [0.1, 0.15) is 39.0 Å². The summed E-state index contributed by atoms with van der Waals surface area (Å²) in [4.78, 5) is 0. The van der Waals surface area contributed by atoms with E-state index in [0.29, 0.717) is 6.04 Å². The maximum absolute atomic E-state index is 12.8. The first kappa shape index (κ1) is 9.97. The molecule has 0 saturated heterocycles. The number of hydrogen-bond acceptors (Lipinski definition) is 1. The Balaban J connectivity index is 2.17. The fourth-order valence-electron chi connectivity index (χ4n) is 1.98. The van der Waals surface area contributed by atoms with Crippen molar-refractivity contribution in [2.45, 2.75) is 51.2 Å². The van der Waals surface area contributed by atoms with Crippen molar-refractivity contribution in [1.82, 2.24) is 5.32 Å². The Morgan fingerprint density at radius 3 is 2.42 bits per heavy atom. The van der Waals surface area contributed by atoms with Crippen LogP contribution in [0.15, 0.2) is 0 Å². The van der Waals surface area contributed by atoms with Crippen LogP contribution in [0.4, 0.5) is 4.39 Å². The van der Waals surface area contributed by atoms with Gasteiger partial charge in [-0.3, -0.25) is 0 Å². The molecule has 1 N–H and O–H groups in total. The molecular weight excluding hydrogens is 153 g/mol. The molecule has 1 unspecified atom stereocenters. The first-order chi connectivity index (χ1) is 5.72. The number of alkyl halides is 1. The summed E-state index contributed by atoms with van der Waals surface area (Å²) in [5, 5.41) is 3.23. The highest BCUT2D eigenvalue weighted by Gasteiger charge is 2.21. The van der Waals surface area contributed by atoms with Crippen molar-refractivity contribution in [3.8, 4) is 0 Å². The van der Waals surface area contributed by atoms with E-state index in [2.05, 4.69) is 12.2 Å². The van der Waals surface area contributed by atoms with Gasteiger partial charge in [-0.15, -0.1) is 0 Å². The normalized spacial score (nSPS) is 33.2. The number of nitrogens with one attached hydrogen (secondary N) is 1. The van der Waals surface area contributed by atoms with E-state index in [0.717, 1.165) is 31.6 Å². The van der Waals surface area contributed by atoms with Crippen LogP contribution in [0.5, 0.6) is 0 Å². The lowest BCUT2D eigenvalue weighted by atomic mass is 9.84. The lowest BCUT2D eigenvalue weighted by molar-refractivity contribution is 0.194. The zero-order valence-electron chi connectivity index (χ0n) is 8.15. The van der Waals surface area contributed by atoms with Crippen molar-refractivity contribution in [2.75, 3.05) is 7.05 Å². The average Bonchev–Trinajstić information content (AvgIpc) is 2.09. The first-order valence-corrected chi connectivity index (χ1v) is 5.03. The molecule has 1 aliphatic carbocycles. The summed E-state index contributed by atoms with van der Waals surface area (Å²) in [7, 11) is 1.99. The third-order valence-electron chi connectivity index (χ3n) is 2.96. The Labute approximate surface area is 74.7 Å². The van der Waals surface area contributed by atoms with Gasteiger partial charge >= 0.3 is 0 Å². The summed E-state index contributed by atoms with van der Waals surface area (Å²) >= 11 is 0. The quantitative estimate of drug-likeness (QED) is 0.691. The van der Waals surface area contributed by atoms with Crippen LogP contribution in [0.3, 0.4) is 0 Å². The standard InChI is InChI=1S/C10H20FN/c1-8(12-2)7-9-3-5-10(11)6-4-9/h8-10,12H,3-7H2,1-2H3. The van der Waals surface area contributed by atoms with Gasteiger partial charge in [0, 0.05) is 6.04 Å². The zero-order chi connectivity index (χ0) is 8.97. The Kier molecular flexibility index (Phi) is 3.99. The second-order valence-corrected chi connectivity index (χ2v) is 4.04. The maximum atomic E-state index is 12.8. The molecule has 1 aliphatic rings. The SMILES string of the molecule is CNC(C)CC1CCC(F)CC1. The molecule has 72 valence electrons. The van der Waals surface area contributed by atoms with E-state index in [1.807, 2.05) is 7.05 Å². The van der Waals surface area contributed by atoms with E-state index in [4.69, 9.17) is 0 Å². The molecule has 0 bridgehead atoms. The molecule has 0 aromatic heterocycles. The highest BCUT2D eigenvalue weighted by Crippen LogP contribution is 2.29. The van der Waals surface area contributed by atoms with Gasteiger partial charge in [-0.25, -0.2) is 4.39 Å². The van der Waals surface area contributed by atoms with Gasteiger partial charge in [0.05, 0.1) is 0 Å². The zero-order valence-corrected chi connectivity index (χ0v) is 8.15. The van der Waals surface area contributed by atoms with E-state index in [-0.39, 0.29) is 0 Å². The van der Waals surface area contributed by atoms with Crippen LogP contribution in [0.2, 0.25) is 0 Å². The van der Waals surface area contributed by atoms with E-state index in [1.165, 1.54) is 6.42 Å². The lowest BCUT2D eigenvalue weighted by Gasteiger charge is -2.26. The molecule has 0 aliphatic heterocycles. The smallest absolute Gasteiger partial charge is 0.100 e. The molecule has 0 aromatic carbocycles. The van der Waals surface area contributed by atoms with Gasteiger partial charge in [0.25, 0.3) is 0 Å². The molecule has 0 amide bonds. The molecule has 1 saturated carbocycles. The van der Waals surface area contributed by atoms with E-state index in [9.17, 15) is 4.39 Å². The predicted molar refractivity (Wildman–Crippen MR) is 50.0 cm³/mol. The fourth-order valence-corrected chi connectivity index (χ4v) is 1.98. The Bertz CT molecular complexity index is 119. The molecule has 0 radical (unpaired) electrons. The van der Waals surface area contributed by atoms with Gasteiger partial charge in [-0.2, -0.15) is 0 Å². The van der Waals surface area contributed by atoms with Crippen molar-refractivity contribution in [2.24, 2.45) is 5.92 Å². The second kappa shape index (κ2) is 4.80. The number of rotatable bonds is 3. The van der Waals surface area contributed by atoms with Crippen molar-refractivity contribution in [1.29, 1.82) is 0 Å². The van der Waals surface area contributed by atoms with Gasteiger partial charge in [0.2, 0.25) is 0 Å². The maximum Gasteiger partial charge on any atom is 0.100 e. The number of hydrogen-bond donors (Lipinski definition) is 1. The minimum atomic E-state index is -0.508. The molecule has 0 aromatic rings. The molecule has 1 nitrogen and oxygen atoms in total. The van der Waals surface area contributed by atoms with Crippen LogP contribution in [0.25, 0.3) is 0 Å². The monoisotopic (exact) mass is 173 g/mol. The molecular formula is C10H20FN. The number of halogens is 1. The molecule has 1 atom stereocenters. The van der Waals surface area contributed by atoms with Gasteiger partial charge in [0.15, 0.2) is 0 Å². The highest BCUT2D eigenvalue weighted by atomic mass is 19.1. The van der Waals surface area contributed by atoms with Crippen LogP contribution >= 0.6 is 0 Å². The van der Waals surface area contributed by atoms with Gasteiger partial charge in [0.1, 0.15) is 6.17 Å². The minimum absolute atomic E-state index is 0.508. The third-order valence-corrected chi connectivity index (χ3v) is 2.96. The average molecular weight is 173 g/mol. The Morgan fingerprint density at radius 1 is 1.33 bits per heavy atom. The van der Waals surface area contributed by atoms with Crippen LogP contribution in [0, 0.1) is 5.92 Å². The van der Waals surface area contributed by atoms with E-state index < -0.39 is 6.17 Å². The van der Waals surface area contributed by atoms with Crippen molar-refractivity contribution in [3.05, 3.63) is 0 Å². The molecule has 2 heteroatoms. The highest BCUT2D eigenvalue weighted by molar-refractivity contribution is 4.74. The van der Waals surface area contributed by atoms with Crippen molar-refractivity contribution in [3.63, 3.8) is 0 Å². The molecule has 0 heterocycles. The van der Waals surface area contributed by atoms with Gasteiger partial charge in [-0.1, -0.05) is 0 Å². The van der Waals surface area contributed by atoms with Crippen LogP contribution in [-0.4, -0.2) is 19.3 Å². The Hall–Kier alpha value is -0.110. The van der Waals surface area contributed by atoms with E-state index in [1.54, 1.807) is 0 Å². The lowest BCUT2D eigenvalue weighted by Crippen LogP contribution is -2.26. The molecule has 12 heavy (non-hydrogen) atoms. The summed E-state index contributed by atoms with van der Waals surface area (Å²) in [6, 6.07) is 0.589. The molecule has 0 spiro atoms. The third kappa shape index (κ3) is 3.10. The topological polar surface area (TPSA) is 12.0 Å². The molecule has 1 rings (SSSR count). The fraction of sp³-hybridized carbons (Fsp3) is 1.00. The molecule has 1 fully saturated rings. The minimum Gasteiger partial charge on any atom is -0.317 e. The second-order valence-electron chi connectivity index (χ2n) is 4.04. The van der Waals surface area contributed by atoms with Crippen LogP contribution in [-0.2, 0) is 0 Å². The first-order valence-electron chi connectivity index (χ1n) is 5.03. The summed E-state index contributed by atoms with van der Waals surface area (Å²) in [5.41, 5.74) is 0. The van der Waals surface area contributed by atoms with Crippen LogP contribution < -0.4 is 5.32 Å².